The van der Waals surface area contributed by atoms with Crippen LogP contribution in [0.3, 0.4) is 0 Å². The van der Waals surface area contributed by atoms with Crippen molar-refractivity contribution >= 4 is 35.1 Å². The van der Waals surface area contributed by atoms with E-state index < -0.39 is 21.5 Å². The number of fused-ring (bicyclic) bond motifs is 2. The molecule has 0 aromatic heterocycles. The van der Waals surface area contributed by atoms with Gasteiger partial charge in [-0.25, -0.2) is 0 Å². The fourth-order valence-corrected chi connectivity index (χ4v) is 42.8. The van der Waals surface area contributed by atoms with E-state index in [1.165, 1.54) is 107 Å². The van der Waals surface area contributed by atoms with Crippen LogP contribution >= 0.6 is 17.0 Å². The van der Waals surface area contributed by atoms with Gasteiger partial charge in [-0.3, -0.25) is 0 Å². The molecule has 4 heteroatoms. The molecule has 8 rings (SSSR count). The van der Waals surface area contributed by atoms with Crippen LogP contribution in [0.25, 0.3) is 34.4 Å². The number of hydrogen-bond acceptors (Lipinski definition) is 0. The Balaban J connectivity index is 1.35. The van der Waals surface area contributed by atoms with Gasteiger partial charge >= 0.3 is 338 Å². The van der Waals surface area contributed by atoms with E-state index in [1.807, 2.05) is 0 Å². The molecule has 0 bridgehead atoms. The van der Waals surface area contributed by atoms with Crippen LogP contribution < -0.4 is 0 Å². The Labute approximate surface area is 335 Å². The zero-order chi connectivity index (χ0) is 37.9. The second-order valence-corrected chi connectivity index (χ2v) is 61.3. The van der Waals surface area contributed by atoms with Gasteiger partial charge in [0.25, 0.3) is 0 Å². The van der Waals surface area contributed by atoms with Crippen molar-refractivity contribution in [3.05, 3.63) is 129 Å². The number of aryl methyl sites for hydroxylation is 2. The Morgan fingerprint density at radius 2 is 0.944 bits per heavy atom. The summed E-state index contributed by atoms with van der Waals surface area (Å²) in [5, 5.41) is 0. The molecule has 4 aromatic carbocycles. The Morgan fingerprint density at radius 3 is 1.28 bits per heavy atom. The average Bonchev–Trinajstić information content (AvgIpc) is 3.97. The summed E-state index contributed by atoms with van der Waals surface area (Å²) in [6.45, 7) is 14.7. The normalized spacial score (nSPS) is 22.1. The van der Waals surface area contributed by atoms with Gasteiger partial charge in [0.15, 0.2) is 0 Å². The summed E-state index contributed by atoms with van der Waals surface area (Å²) in [4.78, 5) is 0. The SMILES string of the molecule is CCc1ccc(-c2cccc3c2C=C(CC2(C)CCCC2)[CH]3[Zr]([Cl])([Cl])([CH]2C(CC3(C)CCCC3)=Cc3c(-c4ccc(CC)cc4)cccc32)[SiH](C)C)cc1. The monoisotopic (exact) mass is 849 g/mol. The molecule has 2 fully saturated rings. The molecule has 2 atom stereocenters. The number of benzene rings is 4. The second kappa shape index (κ2) is 14.8. The first-order valence-corrected chi connectivity index (χ1v) is 37.6. The number of hydrogen-bond donors (Lipinski definition) is 0. The van der Waals surface area contributed by atoms with Gasteiger partial charge in [0.1, 0.15) is 0 Å². The van der Waals surface area contributed by atoms with Crippen molar-refractivity contribution in [1.29, 1.82) is 0 Å². The van der Waals surface area contributed by atoms with Crippen LogP contribution in [0.2, 0.25) is 13.1 Å². The van der Waals surface area contributed by atoms with Crippen molar-refractivity contribution in [2.75, 3.05) is 0 Å². The Hall–Kier alpha value is -1.96. The molecule has 4 aliphatic carbocycles. The van der Waals surface area contributed by atoms with Gasteiger partial charge in [0.2, 0.25) is 0 Å². The summed E-state index contributed by atoms with van der Waals surface area (Å²) in [6.07, 6.45) is 20.0. The zero-order valence-electron chi connectivity index (χ0n) is 33.7. The van der Waals surface area contributed by atoms with Crippen molar-refractivity contribution in [3.63, 3.8) is 0 Å². The Morgan fingerprint density at radius 1 is 0.574 bits per heavy atom. The van der Waals surface area contributed by atoms with Crippen LogP contribution in [0.1, 0.15) is 133 Å². The molecule has 0 saturated heterocycles. The van der Waals surface area contributed by atoms with Gasteiger partial charge < -0.3 is 0 Å². The molecule has 0 spiro atoms. The van der Waals surface area contributed by atoms with Gasteiger partial charge in [-0.05, 0) is 0 Å². The summed E-state index contributed by atoms with van der Waals surface area (Å²) in [6, 6.07) is 32.8. The van der Waals surface area contributed by atoms with Crippen molar-refractivity contribution in [2.24, 2.45) is 10.8 Å². The minimum atomic E-state index is -5.00. The van der Waals surface area contributed by atoms with E-state index in [9.17, 15) is 0 Å². The topological polar surface area (TPSA) is 0 Å². The molecule has 283 valence electrons. The Kier molecular flexibility index (Phi) is 10.6. The van der Waals surface area contributed by atoms with E-state index in [-0.39, 0.29) is 7.25 Å². The van der Waals surface area contributed by atoms with Crippen LogP contribution in [0, 0.1) is 10.8 Å². The second-order valence-electron chi connectivity index (χ2n) is 18.8. The molecule has 4 aliphatic rings. The molecular formula is C50H61Cl2SiZr. The molecule has 0 N–H and O–H groups in total. The molecule has 0 nitrogen and oxygen atoms in total. The molecule has 0 heterocycles. The third-order valence-corrected chi connectivity index (χ3v) is 66.6. The fraction of sp³-hybridized carbons (Fsp3) is 0.440. The summed E-state index contributed by atoms with van der Waals surface area (Å²) in [5.41, 5.74) is 17.3. The first-order valence-electron chi connectivity index (χ1n) is 21.3. The first-order chi connectivity index (χ1) is 25.9. The third-order valence-electron chi connectivity index (χ3n) is 14.7. The summed E-state index contributed by atoms with van der Waals surface area (Å²) >= 11 is -5.00. The van der Waals surface area contributed by atoms with E-state index in [0.717, 1.165) is 25.7 Å². The van der Waals surface area contributed by atoms with Gasteiger partial charge in [0, 0.05) is 0 Å². The van der Waals surface area contributed by atoms with E-state index in [4.69, 9.17) is 17.0 Å². The standard InChI is InChI=1S/2C24H27.C2H7Si.2ClH.Zr/c2*1-3-18-9-11-20(12-10-18)22-8-6-7-21-15-19(16-23(21)22)17-24(2)13-4-5-14-24;1-3-2;;;/h2*6-12,15-16H,3-5,13-14,17H2,1-2H3;3H,1-2H3;2*1H;/q;;;;;+2/p-2. The van der Waals surface area contributed by atoms with Crippen molar-refractivity contribution < 1.29 is 15.6 Å². The quantitative estimate of drug-likeness (QED) is 0.132. The van der Waals surface area contributed by atoms with Crippen LogP contribution in [0.4, 0.5) is 0 Å². The van der Waals surface area contributed by atoms with Gasteiger partial charge in [-0.2, -0.15) is 0 Å². The summed E-state index contributed by atoms with van der Waals surface area (Å²) in [7, 11) is 18.2. The van der Waals surface area contributed by atoms with Crippen LogP contribution in [0.5, 0.6) is 0 Å². The van der Waals surface area contributed by atoms with Crippen molar-refractivity contribution in [2.45, 2.75) is 125 Å². The van der Waals surface area contributed by atoms with E-state index >= 15 is 0 Å². The molecule has 0 amide bonds. The van der Waals surface area contributed by atoms with Gasteiger partial charge in [-0.1, -0.05) is 0 Å². The number of rotatable bonds is 11. The molecule has 2 saturated carbocycles. The predicted molar refractivity (Wildman–Crippen MR) is 237 cm³/mol. The Bertz CT molecular complexity index is 1950. The third kappa shape index (κ3) is 6.70. The number of halogens is 2. The van der Waals surface area contributed by atoms with E-state index in [2.05, 4.69) is 138 Å². The van der Waals surface area contributed by atoms with Crippen molar-refractivity contribution in [1.82, 2.24) is 0 Å². The zero-order valence-corrected chi connectivity index (χ0v) is 38.8. The first kappa shape index (κ1) is 38.9. The fourth-order valence-electron chi connectivity index (χ4n) is 11.5. The van der Waals surface area contributed by atoms with Crippen molar-refractivity contribution in [3.8, 4) is 22.3 Å². The van der Waals surface area contributed by atoms with E-state index in [0.29, 0.717) is 10.8 Å². The summed E-state index contributed by atoms with van der Waals surface area (Å²) < 4.78 is 0.235. The predicted octanol–water partition coefficient (Wildman–Crippen LogP) is 15.6. The van der Waals surface area contributed by atoms with Crippen LogP contribution in [0.15, 0.2) is 96.1 Å². The molecule has 0 aliphatic heterocycles. The number of allylic oxidation sites excluding steroid dienone is 2. The van der Waals surface area contributed by atoms with Gasteiger partial charge in [-0.15, -0.1) is 0 Å². The average molecular weight is 852 g/mol. The van der Waals surface area contributed by atoms with E-state index in [1.54, 1.807) is 11.1 Å². The molecule has 0 radical (unpaired) electrons. The maximum absolute atomic E-state index is 9.08. The molecule has 54 heavy (non-hydrogen) atoms. The van der Waals surface area contributed by atoms with Crippen LogP contribution in [-0.4, -0.2) is 5.92 Å². The molecular weight excluding hydrogens is 791 g/mol. The molecule has 2 unspecified atom stereocenters. The molecule has 4 aromatic rings. The minimum absolute atomic E-state index is 0.118. The maximum atomic E-state index is 9.08. The summed E-state index contributed by atoms with van der Waals surface area (Å²) in [5.74, 6) is -1.70. The van der Waals surface area contributed by atoms with Gasteiger partial charge in [0.05, 0.1) is 0 Å². The van der Waals surface area contributed by atoms with Crippen LogP contribution in [-0.2, 0) is 28.4 Å².